The summed E-state index contributed by atoms with van der Waals surface area (Å²) in [5.41, 5.74) is 0.814. The third-order valence-electron chi connectivity index (χ3n) is 3.63. The summed E-state index contributed by atoms with van der Waals surface area (Å²) in [5.74, 6) is 0.518. The van der Waals surface area contributed by atoms with E-state index in [1.165, 1.54) is 6.42 Å². The van der Waals surface area contributed by atoms with Crippen LogP contribution in [0.15, 0.2) is 12.3 Å². The van der Waals surface area contributed by atoms with Crippen LogP contribution < -0.4 is 10.2 Å². The van der Waals surface area contributed by atoms with Gasteiger partial charge in [0.2, 0.25) is 5.82 Å². The summed E-state index contributed by atoms with van der Waals surface area (Å²) in [6, 6.07) is 1.98. The zero-order valence-electron chi connectivity index (χ0n) is 11.4. The van der Waals surface area contributed by atoms with E-state index in [9.17, 15) is 10.1 Å². The second-order valence-electron chi connectivity index (χ2n) is 4.96. The lowest BCUT2D eigenvalue weighted by atomic mass is 10.0. The first-order chi connectivity index (χ1) is 9.15. The number of piperidine rings is 1. The van der Waals surface area contributed by atoms with Crippen molar-refractivity contribution in [2.75, 3.05) is 25.0 Å². The number of likely N-dealkylation sites (N-methyl/N-ethyl adjacent to an activating group) is 1. The van der Waals surface area contributed by atoms with Gasteiger partial charge in [-0.25, -0.2) is 4.98 Å². The van der Waals surface area contributed by atoms with E-state index in [-0.39, 0.29) is 16.7 Å². The average Bonchev–Trinajstić information content (AvgIpc) is 2.39. The maximum Gasteiger partial charge on any atom is 0.314 e. The van der Waals surface area contributed by atoms with E-state index < -0.39 is 0 Å². The first-order valence-corrected chi connectivity index (χ1v) is 6.66. The van der Waals surface area contributed by atoms with Crippen molar-refractivity contribution in [1.82, 2.24) is 10.3 Å². The molecule has 0 aromatic carbocycles. The molecule has 2 heterocycles. The van der Waals surface area contributed by atoms with Crippen LogP contribution in [-0.2, 0) is 0 Å². The van der Waals surface area contributed by atoms with E-state index in [2.05, 4.69) is 15.2 Å². The Bertz CT molecular complexity index is 462. The lowest BCUT2D eigenvalue weighted by Gasteiger charge is -2.36. The molecule has 0 aliphatic carbocycles. The number of hydrogen-bond acceptors (Lipinski definition) is 5. The number of anilines is 1. The molecule has 104 valence electrons. The van der Waals surface area contributed by atoms with Crippen LogP contribution >= 0.6 is 0 Å². The SMILES string of the molecule is CNCC1CCCCN1c1nccc(C)c1[N+](=O)[O-]. The molecule has 6 nitrogen and oxygen atoms in total. The van der Waals surface area contributed by atoms with Crippen LogP contribution in [0.4, 0.5) is 11.5 Å². The summed E-state index contributed by atoms with van der Waals surface area (Å²) in [6.45, 7) is 3.43. The Hall–Kier alpha value is -1.69. The van der Waals surface area contributed by atoms with Crippen LogP contribution in [0.5, 0.6) is 0 Å². The molecule has 0 bridgehead atoms. The van der Waals surface area contributed by atoms with Crippen LogP contribution in [0.3, 0.4) is 0 Å². The van der Waals surface area contributed by atoms with Crippen molar-refractivity contribution >= 4 is 11.5 Å². The van der Waals surface area contributed by atoms with Crippen LogP contribution in [0.2, 0.25) is 0 Å². The lowest BCUT2D eigenvalue weighted by molar-refractivity contribution is -0.384. The summed E-state index contributed by atoms with van der Waals surface area (Å²) < 4.78 is 0. The lowest BCUT2D eigenvalue weighted by Crippen LogP contribution is -2.45. The number of rotatable bonds is 4. The van der Waals surface area contributed by atoms with Crippen LogP contribution in [0.1, 0.15) is 24.8 Å². The second-order valence-corrected chi connectivity index (χ2v) is 4.96. The second kappa shape index (κ2) is 5.97. The third kappa shape index (κ3) is 2.84. The minimum Gasteiger partial charge on any atom is -0.347 e. The molecule has 0 saturated carbocycles. The minimum atomic E-state index is -0.317. The van der Waals surface area contributed by atoms with Gasteiger partial charge in [0.1, 0.15) is 0 Å². The Morgan fingerprint density at radius 3 is 3.05 bits per heavy atom. The molecule has 0 spiro atoms. The maximum atomic E-state index is 11.3. The van der Waals surface area contributed by atoms with Crippen LogP contribution in [-0.4, -0.2) is 36.1 Å². The van der Waals surface area contributed by atoms with E-state index in [1.807, 2.05) is 7.05 Å². The molecule has 1 atom stereocenters. The number of nitrogens with zero attached hydrogens (tertiary/aromatic N) is 3. The molecule has 19 heavy (non-hydrogen) atoms. The first kappa shape index (κ1) is 13.7. The number of aromatic nitrogens is 1. The number of hydrogen-bond donors (Lipinski definition) is 1. The van der Waals surface area contributed by atoms with Gasteiger partial charge >= 0.3 is 5.69 Å². The van der Waals surface area contributed by atoms with Crippen molar-refractivity contribution in [2.45, 2.75) is 32.2 Å². The number of aryl methyl sites for hydroxylation is 1. The summed E-state index contributed by atoms with van der Waals surface area (Å²) >= 11 is 0. The zero-order chi connectivity index (χ0) is 13.8. The van der Waals surface area contributed by atoms with Crippen molar-refractivity contribution in [3.05, 3.63) is 27.9 Å². The molecule has 1 N–H and O–H groups in total. The van der Waals surface area contributed by atoms with Gasteiger partial charge in [-0.15, -0.1) is 0 Å². The Morgan fingerprint density at radius 2 is 2.37 bits per heavy atom. The van der Waals surface area contributed by atoms with Gasteiger partial charge in [-0.2, -0.15) is 0 Å². The molecule has 1 saturated heterocycles. The summed E-state index contributed by atoms with van der Waals surface area (Å²) in [6.07, 6.45) is 4.94. The summed E-state index contributed by atoms with van der Waals surface area (Å²) in [7, 11) is 1.91. The van der Waals surface area contributed by atoms with Gasteiger partial charge in [-0.05, 0) is 39.3 Å². The predicted molar refractivity (Wildman–Crippen MR) is 74.5 cm³/mol. The number of pyridine rings is 1. The highest BCUT2D eigenvalue weighted by Gasteiger charge is 2.29. The van der Waals surface area contributed by atoms with E-state index in [4.69, 9.17) is 0 Å². The fourth-order valence-electron chi connectivity index (χ4n) is 2.70. The van der Waals surface area contributed by atoms with Gasteiger partial charge < -0.3 is 10.2 Å². The van der Waals surface area contributed by atoms with E-state index in [0.29, 0.717) is 11.4 Å². The number of nitro groups is 1. The van der Waals surface area contributed by atoms with Crippen molar-refractivity contribution in [3.63, 3.8) is 0 Å². The van der Waals surface area contributed by atoms with Gasteiger partial charge in [-0.3, -0.25) is 10.1 Å². The molecule has 1 aromatic rings. The van der Waals surface area contributed by atoms with Gasteiger partial charge in [-0.1, -0.05) is 0 Å². The fourth-order valence-corrected chi connectivity index (χ4v) is 2.70. The van der Waals surface area contributed by atoms with Crippen molar-refractivity contribution in [3.8, 4) is 0 Å². The average molecular weight is 264 g/mol. The minimum absolute atomic E-state index is 0.144. The number of nitrogens with one attached hydrogen (secondary N) is 1. The largest absolute Gasteiger partial charge is 0.347 e. The summed E-state index contributed by atoms with van der Waals surface area (Å²) in [4.78, 5) is 17.3. The molecule has 1 aromatic heterocycles. The van der Waals surface area contributed by atoms with E-state index in [1.54, 1.807) is 19.2 Å². The molecule has 1 unspecified atom stereocenters. The van der Waals surface area contributed by atoms with Crippen molar-refractivity contribution < 1.29 is 4.92 Å². The molecule has 1 aliphatic rings. The highest BCUT2D eigenvalue weighted by atomic mass is 16.6. The van der Waals surface area contributed by atoms with Gasteiger partial charge in [0, 0.05) is 30.9 Å². The van der Waals surface area contributed by atoms with Crippen molar-refractivity contribution in [2.24, 2.45) is 0 Å². The van der Waals surface area contributed by atoms with Gasteiger partial charge in [0.05, 0.1) is 4.92 Å². The van der Waals surface area contributed by atoms with Gasteiger partial charge in [0.15, 0.2) is 0 Å². The van der Waals surface area contributed by atoms with Gasteiger partial charge in [0.25, 0.3) is 0 Å². The van der Waals surface area contributed by atoms with Crippen molar-refractivity contribution in [1.29, 1.82) is 0 Å². The normalized spacial score (nSPS) is 19.5. The van der Waals surface area contributed by atoms with Crippen LogP contribution in [0.25, 0.3) is 0 Å². The first-order valence-electron chi connectivity index (χ1n) is 6.66. The Morgan fingerprint density at radius 1 is 1.58 bits per heavy atom. The highest BCUT2D eigenvalue weighted by molar-refractivity contribution is 5.62. The molecule has 0 radical (unpaired) electrons. The molecule has 6 heteroatoms. The predicted octanol–water partition coefficient (Wildman–Crippen LogP) is 1.88. The zero-order valence-corrected chi connectivity index (χ0v) is 11.4. The van der Waals surface area contributed by atoms with Crippen LogP contribution in [0, 0.1) is 17.0 Å². The molecular formula is C13H20N4O2. The molecule has 2 rings (SSSR count). The smallest absolute Gasteiger partial charge is 0.314 e. The topological polar surface area (TPSA) is 71.3 Å². The standard InChI is InChI=1S/C13H20N4O2/c1-10-6-7-15-13(12(10)17(18)19)16-8-4-3-5-11(16)9-14-2/h6-7,11,14H,3-5,8-9H2,1-2H3. The molecule has 0 amide bonds. The van der Waals surface area contributed by atoms with E-state index >= 15 is 0 Å². The molecule has 1 aliphatic heterocycles. The highest BCUT2D eigenvalue weighted by Crippen LogP contribution is 2.32. The quantitative estimate of drug-likeness (QED) is 0.664. The molecular weight excluding hydrogens is 244 g/mol. The monoisotopic (exact) mass is 264 g/mol. The summed E-state index contributed by atoms with van der Waals surface area (Å²) in [5, 5.41) is 14.4. The van der Waals surface area contributed by atoms with E-state index in [0.717, 1.165) is 25.9 Å². The fraction of sp³-hybridized carbons (Fsp3) is 0.615. The Labute approximate surface area is 113 Å². The Balaban J connectivity index is 2.38. The third-order valence-corrected chi connectivity index (χ3v) is 3.63. The molecule has 1 fully saturated rings. The maximum absolute atomic E-state index is 11.3. The Kier molecular flexibility index (Phi) is 4.31.